The molecular formula is C13H27N3. The second-order valence-corrected chi connectivity index (χ2v) is 5.30. The van der Waals surface area contributed by atoms with Gasteiger partial charge in [-0.15, -0.1) is 0 Å². The van der Waals surface area contributed by atoms with E-state index in [4.69, 9.17) is 0 Å². The van der Waals surface area contributed by atoms with Crippen LogP contribution in [0.25, 0.3) is 0 Å². The molecule has 94 valence electrons. The van der Waals surface area contributed by atoms with Gasteiger partial charge in [0.25, 0.3) is 0 Å². The molecule has 2 aliphatic heterocycles. The Balaban J connectivity index is 1.47. The molecule has 0 saturated carbocycles. The summed E-state index contributed by atoms with van der Waals surface area (Å²) in [6.07, 6.45) is 7.12. The molecule has 0 aromatic carbocycles. The van der Waals surface area contributed by atoms with Crippen molar-refractivity contribution in [2.45, 2.75) is 32.1 Å². The van der Waals surface area contributed by atoms with Crippen molar-refractivity contribution in [1.29, 1.82) is 0 Å². The largest absolute Gasteiger partial charge is 0.316 e. The fraction of sp³-hybridized carbons (Fsp3) is 1.00. The summed E-state index contributed by atoms with van der Waals surface area (Å²) in [5.74, 6) is 0.969. The van der Waals surface area contributed by atoms with Gasteiger partial charge in [0.05, 0.1) is 0 Å². The van der Waals surface area contributed by atoms with Gasteiger partial charge in [-0.2, -0.15) is 0 Å². The summed E-state index contributed by atoms with van der Waals surface area (Å²) in [7, 11) is 0. The van der Waals surface area contributed by atoms with Crippen LogP contribution in [0.1, 0.15) is 32.1 Å². The third kappa shape index (κ3) is 4.40. The van der Waals surface area contributed by atoms with E-state index < -0.39 is 0 Å². The standard InChI is InChI=1S/C13H27N3/c1(4-13-5-3-6-15-12-13)2-9-16-10-7-14-8-11-16/h13-15H,1-12H2. The zero-order chi connectivity index (χ0) is 11.1. The first kappa shape index (κ1) is 12.3. The van der Waals surface area contributed by atoms with Crippen molar-refractivity contribution in [1.82, 2.24) is 15.5 Å². The van der Waals surface area contributed by atoms with Crippen LogP contribution in [-0.4, -0.2) is 50.7 Å². The molecule has 2 saturated heterocycles. The molecular weight excluding hydrogens is 198 g/mol. The first-order chi connectivity index (χ1) is 7.95. The summed E-state index contributed by atoms with van der Waals surface area (Å²) in [4.78, 5) is 2.61. The van der Waals surface area contributed by atoms with Crippen molar-refractivity contribution in [2.75, 3.05) is 45.8 Å². The minimum atomic E-state index is 0.969. The van der Waals surface area contributed by atoms with Crippen molar-refractivity contribution in [3.8, 4) is 0 Å². The summed E-state index contributed by atoms with van der Waals surface area (Å²) in [6.45, 7) is 8.72. The molecule has 0 aromatic heterocycles. The van der Waals surface area contributed by atoms with E-state index in [1.54, 1.807) is 0 Å². The van der Waals surface area contributed by atoms with Crippen LogP contribution in [0, 0.1) is 5.92 Å². The molecule has 3 heteroatoms. The van der Waals surface area contributed by atoms with Crippen LogP contribution in [0.15, 0.2) is 0 Å². The molecule has 0 aliphatic carbocycles. The van der Waals surface area contributed by atoms with Crippen LogP contribution >= 0.6 is 0 Å². The third-order valence-corrected chi connectivity index (χ3v) is 3.95. The predicted octanol–water partition coefficient (Wildman–Crippen LogP) is 1.06. The Hall–Kier alpha value is -0.120. The number of nitrogens with one attached hydrogen (secondary N) is 2. The van der Waals surface area contributed by atoms with E-state index >= 15 is 0 Å². The number of hydrogen-bond acceptors (Lipinski definition) is 3. The van der Waals surface area contributed by atoms with E-state index in [2.05, 4.69) is 15.5 Å². The maximum absolute atomic E-state index is 3.51. The number of hydrogen-bond donors (Lipinski definition) is 2. The van der Waals surface area contributed by atoms with Crippen LogP contribution in [0.3, 0.4) is 0 Å². The topological polar surface area (TPSA) is 27.3 Å². The Morgan fingerprint density at radius 3 is 2.62 bits per heavy atom. The van der Waals surface area contributed by atoms with Gasteiger partial charge in [0.2, 0.25) is 0 Å². The average Bonchev–Trinajstić information content (AvgIpc) is 2.37. The van der Waals surface area contributed by atoms with Crippen molar-refractivity contribution in [2.24, 2.45) is 5.92 Å². The molecule has 3 nitrogen and oxygen atoms in total. The molecule has 0 amide bonds. The van der Waals surface area contributed by atoms with Gasteiger partial charge in [-0.05, 0) is 51.2 Å². The molecule has 2 aliphatic rings. The van der Waals surface area contributed by atoms with Crippen LogP contribution in [-0.2, 0) is 0 Å². The molecule has 0 radical (unpaired) electrons. The summed E-state index contributed by atoms with van der Waals surface area (Å²) in [6, 6.07) is 0. The van der Waals surface area contributed by atoms with Crippen LogP contribution in [0.2, 0.25) is 0 Å². The second kappa shape index (κ2) is 7.25. The van der Waals surface area contributed by atoms with Crippen LogP contribution < -0.4 is 10.6 Å². The first-order valence-electron chi connectivity index (χ1n) is 7.09. The lowest BCUT2D eigenvalue weighted by atomic mass is 9.94. The number of piperidine rings is 1. The van der Waals surface area contributed by atoms with E-state index in [0.717, 1.165) is 5.92 Å². The molecule has 2 fully saturated rings. The van der Waals surface area contributed by atoms with Gasteiger partial charge in [-0.3, -0.25) is 0 Å². The Labute approximate surface area is 100.0 Å². The normalized spacial score (nSPS) is 28.1. The quantitative estimate of drug-likeness (QED) is 0.685. The Kier molecular flexibility index (Phi) is 5.59. The van der Waals surface area contributed by atoms with Gasteiger partial charge in [0, 0.05) is 26.2 Å². The van der Waals surface area contributed by atoms with Gasteiger partial charge in [-0.1, -0.05) is 6.42 Å². The summed E-state index contributed by atoms with van der Waals surface area (Å²) in [5, 5.41) is 6.91. The van der Waals surface area contributed by atoms with E-state index in [0.29, 0.717) is 0 Å². The fourth-order valence-electron chi connectivity index (χ4n) is 2.87. The van der Waals surface area contributed by atoms with E-state index in [1.807, 2.05) is 0 Å². The monoisotopic (exact) mass is 225 g/mol. The summed E-state index contributed by atoms with van der Waals surface area (Å²) >= 11 is 0. The number of piperazine rings is 1. The summed E-state index contributed by atoms with van der Waals surface area (Å²) < 4.78 is 0. The Morgan fingerprint density at radius 1 is 1.00 bits per heavy atom. The molecule has 2 rings (SSSR count). The molecule has 2 N–H and O–H groups in total. The minimum absolute atomic E-state index is 0.969. The maximum atomic E-state index is 3.51. The smallest absolute Gasteiger partial charge is 0.0107 e. The molecule has 2 heterocycles. The Morgan fingerprint density at radius 2 is 1.88 bits per heavy atom. The van der Waals surface area contributed by atoms with E-state index in [1.165, 1.54) is 77.9 Å². The average molecular weight is 225 g/mol. The highest BCUT2D eigenvalue weighted by atomic mass is 15.2. The zero-order valence-corrected chi connectivity index (χ0v) is 10.5. The van der Waals surface area contributed by atoms with Gasteiger partial charge in [0.1, 0.15) is 0 Å². The van der Waals surface area contributed by atoms with Gasteiger partial charge < -0.3 is 15.5 Å². The number of rotatable bonds is 5. The maximum Gasteiger partial charge on any atom is 0.0107 e. The van der Waals surface area contributed by atoms with Gasteiger partial charge >= 0.3 is 0 Å². The predicted molar refractivity (Wildman–Crippen MR) is 68.8 cm³/mol. The third-order valence-electron chi connectivity index (χ3n) is 3.95. The van der Waals surface area contributed by atoms with Crippen LogP contribution in [0.4, 0.5) is 0 Å². The zero-order valence-electron chi connectivity index (χ0n) is 10.5. The molecule has 16 heavy (non-hydrogen) atoms. The lowest BCUT2D eigenvalue weighted by molar-refractivity contribution is 0.232. The van der Waals surface area contributed by atoms with Crippen molar-refractivity contribution in [3.05, 3.63) is 0 Å². The fourth-order valence-corrected chi connectivity index (χ4v) is 2.87. The van der Waals surface area contributed by atoms with Crippen molar-refractivity contribution >= 4 is 0 Å². The summed E-state index contributed by atoms with van der Waals surface area (Å²) in [5.41, 5.74) is 0. The second-order valence-electron chi connectivity index (χ2n) is 5.30. The lowest BCUT2D eigenvalue weighted by Gasteiger charge is -2.27. The number of nitrogens with zero attached hydrogens (tertiary/aromatic N) is 1. The molecule has 0 aromatic rings. The SMILES string of the molecule is C(CCN1CCNCC1)CC1CCCNC1. The lowest BCUT2D eigenvalue weighted by Crippen LogP contribution is -2.43. The van der Waals surface area contributed by atoms with E-state index in [-0.39, 0.29) is 0 Å². The van der Waals surface area contributed by atoms with Gasteiger partial charge in [-0.25, -0.2) is 0 Å². The highest BCUT2D eigenvalue weighted by Crippen LogP contribution is 2.16. The van der Waals surface area contributed by atoms with Crippen LogP contribution in [0.5, 0.6) is 0 Å². The Bertz CT molecular complexity index is 152. The number of unbranched alkanes of at least 4 members (excludes halogenated alkanes) is 1. The highest BCUT2D eigenvalue weighted by molar-refractivity contribution is 4.70. The van der Waals surface area contributed by atoms with Crippen molar-refractivity contribution < 1.29 is 0 Å². The minimum Gasteiger partial charge on any atom is -0.316 e. The van der Waals surface area contributed by atoms with Crippen molar-refractivity contribution in [3.63, 3.8) is 0 Å². The molecule has 0 spiro atoms. The van der Waals surface area contributed by atoms with E-state index in [9.17, 15) is 0 Å². The molecule has 1 atom stereocenters. The first-order valence-corrected chi connectivity index (χ1v) is 7.09. The molecule has 1 unspecified atom stereocenters. The molecule has 0 bridgehead atoms. The van der Waals surface area contributed by atoms with Gasteiger partial charge in [0.15, 0.2) is 0 Å². The highest BCUT2D eigenvalue weighted by Gasteiger charge is 2.13.